The van der Waals surface area contributed by atoms with Gasteiger partial charge in [0, 0.05) is 26.7 Å². The minimum Gasteiger partial charge on any atom is -0.380 e. The van der Waals surface area contributed by atoms with E-state index in [9.17, 15) is 0 Å². The highest BCUT2D eigenvalue weighted by atomic mass is 16.5. The Kier molecular flexibility index (Phi) is 6.91. The molecule has 1 unspecified atom stereocenters. The van der Waals surface area contributed by atoms with Crippen molar-refractivity contribution in [2.24, 2.45) is 0 Å². The molecule has 0 bridgehead atoms. The molecule has 2 N–H and O–H groups in total. The number of ether oxygens (including phenoxy) is 1. The van der Waals surface area contributed by atoms with Crippen LogP contribution in [0.1, 0.15) is 6.92 Å². The van der Waals surface area contributed by atoms with Crippen LogP contribution < -0.4 is 10.6 Å². The maximum Gasteiger partial charge on any atom is 0.0667 e. The van der Waals surface area contributed by atoms with E-state index in [2.05, 4.69) is 10.6 Å². The molecule has 0 rings (SSSR count). The molecule has 0 fully saturated rings. The minimum atomic E-state index is 0.317. The van der Waals surface area contributed by atoms with Crippen LogP contribution in [0.25, 0.3) is 0 Å². The van der Waals surface area contributed by atoms with Crippen molar-refractivity contribution in [2.75, 3.05) is 33.8 Å². The Morgan fingerprint density at radius 1 is 1.40 bits per heavy atom. The van der Waals surface area contributed by atoms with Crippen LogP contribution in [0.5, 0.6) is 0 Å². The second-order valence-electron chi connectivity index (χ2n) is 2.35. The first-order chi connectivity index (χ1) is 4.81. The molecule has 0 amide bonds. The number of methoxy groups -OCH3 is 1. The van der Waals surface area contributed by atoms with Crippen molar-refractivity contribution in [2.45, 2.75) is 13.0 Å². The van der Waals surface area contributed by atoms with E-state index in [0.717, 1.165) is 19.6 Å². The van der Waals surface area contributed by atoms with E-state index in [-0.39, 0.29) is 0 Å². The number of likely N-dealkylation sites (N-methyl/N-ethyl adjacent to an activating group) is 1. The average molecular weight is 146 g/mol. The largest absolute Gasteiger partial charge is 0.380 e. The van der Waals surface area contributed by atoms with Gasteiger partial charge >= 0.3 is 0 Å². The van der Waals surface area contributed by atoms with Gasteiger partial charge in [-0.25, -0.2) is 0 Å². The van der Waals surface area contributed by atoms with E-state index in [1.165, 1.54) is 0 Å². The molecule has 0 aliphatic rings. The summed E-state index contributed by atoms with van der Waals surface area (Å²) in [6.07, 6.45) is 0.317. The van der Waals surface area contributed by atoms with E-state index >= 15 is 0 Å². The molecule has 0 heterocycles. The lowest BCUT2D eigenvalue weighted by Gasteiger charge is -2.09. The first-order valence-corrected chi connectivity index (χ1v) is 3.69. The molecule has 1 atom stereocenters. The molecule has 0 aromatic carbocycles. The van der Waals surface area contributed by atoms with Crippen molar-refractivity contribution in [3.8, 4) is 0 Å². The fourth-order valence-corrected chi connectivity index (χ4v) is 0.602. The summed E-state index contributed by atoms with van der Waals surface area (Å²) in [5, 5.41) is 6.31. The highest BCUT2D eigenvalue weighted by molar-refractivity contribution is 4.54. The second kappa shape index (κ2) is 6.99. The van der Waals surface area contributed by atoms with Gasteiger partial charge in [0.05, 0.1) is 6.10 Å². The van der Waals surface area contributed by atoms with E-state index in [1.54, 1.807) is 7.11 Å². The summed E-state index contributed by atoms with van der Waals surface area (Å²) in [6.45, 7) is 4.99. The van der Waals surface area contributed by atoms with Gasteiger partial charge in [-0.05, 0) is 14.0 Å². The number of hydrogen-bond acceptors (Lipinski definition) is 3. The molecule has 0 spiro atoms. The predicted octanol–water partition coefficient (Wildman–Crippen LogP) is -0.170. The van der Waals surface area contributed by atoms with Crippen LogP contribution >= 0.6 is 0 Å². The predicted molar refractivity (Wildman–Crippen MR) is 43.3 cm³/mol. The zero-order valence-corrected chi connectivity index (χ0v) is 7.11. The summed E-state index contributed by atoms with van der Waals surface area (Å²) in [7, 11) is 3.67. The normalized spacial score (nSPS) is 13.5. The summed E-state index contributed by atoms with van der Waals surface area (Å²) in [4.78, 5) is 0. The zero-order valence-electron chi connectivity index (χ0n) is 7.11. The summed E-state index contributed by atoms with van der Waals surface area (Å²) in [5.41, 5.74) is 0. The van der Waals surface area contributed by atoms with Crippen molar-refractivity contribution in [1.82, 2.24) is 10.6 Å². The van der Waals surface area contributed by atoms with Crippen LogP contribution in [0, 0.1) is 0 Å². The van der Waals surface area contributed by atoms with Crippen molar-refractivity contribution in [3.05, 3.63) is 0 Å². The quantitative estimate of drug-likeness (QED) is 0.510. The van der Waals surface area contributed by atoms with Crippen LogP contribution in [-0.4, -0.2) is 39.9 Å². The number of rotatable bonds is 6. The van der Waals surface area contributed by atoms with Crippen LogP contribution in [0.4, 0.5) is 0 Å². The lowest BCUT2D eigenvalue weighted by atomic mass is 10.4. The highest BCUT2D eigenvalue weighted by Crippen LogP contribution is 1.81. The first-order valence-electron chi connectivity index (χ1n) is 3.69. The molecule has 3 nitrogen and oxygen atoms in total. The van der Waals surface area contributed by atoms with E-state index in [1.807, 2.05) is 14.0 Å². The first kappa shape index (κ1) is 9.88. The molecule has 0 aliphatic carbocycles. The Labute approximate surface area is 63.1 Å². The van der Waals surface area contributed by atoms with Crippen LogP contribution in [0.2, 0.25) is 0 Å². The Morgan fingerprint density at radius 3 is 2.60 bits per heavy atom. The molecule has 0 radical (unpaired) electrons. The Bertz CT molecular complexity index is 68.6. The molecule has 0 aliphatic heterocycles. The van der Waals surface area contributed by atoms with Crippen LogP contribution in [0.15, 0.2) is 0 Å². The van der Waals surface area contributed by atoms with E-state index in [4.69, 9.17) is 4.74 Å². The van der Waals surface area contributed by atoms with Crippen LogP contribution in [0.3, 0.4) is 0 Å². The van der Waals surface area contributed by atoms with Gasteiger partial charge in [-0.1, -0.05) is 0 Å². The van der Waals surface area contributed by atoms with Gasteiger partial charge in [0.2, 0.25) is 0 Å². The molecule has 0 aromatic rings. The summed E-state index contributed by atoms with van der Waals surface area (Å²) >= 11 is 0. The average Bonchev–Trinajstić information content (AvgIpc) is 1.98. The minimum absolute atomic E-state index is 0.317. The van der Waals surface area contributed by atoms with E-state index < -0.39 is 0 Å². The van der Waals surface area contributed by atoms with Gasteiger partial charge in [0.25, 0.3) is 0 Å². The maximum absolute atomic E-state index is 5.05. The molecule has 3 heteroatoms. The molecular formula is C7H18N2O. The molecular weight excluding hydrogens is 128 g/mol. The van der Waals surface area contributed by atoms with Crippen LogP contribution in [-0.2, 0) is 4.74 Å². The topological polar surface area (TPSA) is 33.3 Å². The lowest BCUT2D eigenvalue weighted by Crippen LogP contribution is -2.31. The third-order valence-corrected chi connectivity index (χ3v) is 1.39. The van der Waals surface area contributed by atoms with Gasteiger partial charge in [-0.2, -0.15) is 0 Å². The van der Waals surface area contributed by atoms with Gasteiger partial charge < -0.3 is 15.4 Å². The van der Waals surface area contributed by atoms with Gasteiger partial charge in [-0.3, -0.25) is 0 Å². The Balaban J connectivity index is 2.89. The number of hydrogen-bond donors (Lipinski definition) is 2. The van der Waals surface area contributed by atoms with Gasteiger partial charge in [0.15, 0.2) is 0 Å². The third-order valence-electron chi connectivity index (χ3n) is 1.39. The smallest absolute Gasteiger partial charge is 0.0667 e. The standard InChI is InChI=1S/C7H18N2O/c1-7(10-3)6-9-5-4-8-2/h7-9H,4-6H2,1-3H3. The molecule has 62 valence electrons. The van der Waals surface area contributed by atoms with Crippen molar-refractivity contribution in [1.29, 1.82) is 0 Å². The molecule has 0 saturated heterocycles. The molecule has 0 aromatic heterocycles. The summed E-state index contributed by atoms with van der Waals surface area (Å²) < 4.78 is 5.05. The third kappa shape index (κ3) is 6.01. The highest BCUT2D eigenvalue weighted by Gasteiger charge is 1.95. The SMILES string of the molecule is CNCCNCC(C)OC. The summed E-state index contributed by atoms with van der Waals surface area (Å²) in [5.74, 6) is 0. The van der Waals surface area contributed by atoms with Crippen molar-refractivity contribution >= 4 is 0 Å². The van der Waals surface area contributed by atoms with Crippen molar-refractivity contribution < 1.29 is 4.74 Å². The lowest BCUT2D eigenvalue weighted by molar-refractivity contribution is 0.117. The van der Waals surface area contributed by atoms with Crippen molar-refractivity contribution in [3.63, 3.8) is 0 Å². The molecule has 10 heavy (non-hydrogen) atoms. The number of nitrogens with one attached hydrogen (secondary N) is 2. The fourth-order valence-electron chi connectivity index (χ4n) is 0.602. The maximum atomic E-state index is 5.05. The fraction of sp³-hybridized carbons (Fsp3) is 1.00. The Morgan fingerprint density at radius 2 is 2.10 bits per heavy atom. The second-order valence-corrected chi connectivity index (χ2v) is 2.35. The Hall–Kier alpha value is -0.120. The zero-order chi connectivity index (χ0) is 7.82. The van der Waals surface area contributed by atoms with Gasteiger partial charge in [0.1, 0.15) is 0 Å². The summed E-state index contributed by atoms with van der Waals surface area (Å²) in [6, 6.07) is 0. The van der Waals surface area contributed by atoms with Gasteiger partial charge in [-0.15, -0.1) is 0 Å². The monoisotopic (exact) mass is 146 g/mol. The van der Waals surface area contributed by atoms with E-state index in [0.29, 0.717) is 6.10 Å². The molecule has 0 saturated carbocycles.